The first-order valence-corrected chi connectivity index (χ1v) is 7.69. The molecule has 0 saturated heterocycles. The van der Waals surface area contributed by atoms with Crippen LogP contribution >= 0.6 is 0 Å². The van der Waals surface area contributed by atoms with Crippen LogP contribution in [0.5, 0.6) is 5.75 Å². The van der Waals surface area contributed by atoms with Gasteiger partial charge in [-0.25, -0.2) is 0 Å². The molecule has 25 heavy (non-hydrogen) atoms. The van der Waals surface area contributed by atoms with Crippen molar-refractivity contribution in [3.05, 3.63) is 60.4 Å². The molecule has 2 aromatic carbocycles. The number of benzene rings is 2. The number of ether oxygens (including phenoxy) is 1. The van der Waals surface area contributed by atoms with E-state index in [2.05, 4.69) is 15.6 Å². The Kier molecular flexibility index (Phi) is 4.61. The van der Waals surface area contributed by atoms with Crippen molar-refractivity contribution < 1.29 is 14.3 Å². The Morgan fingerprint density at radius 2 is 1.80 bits per heavy atom. The SMILES string of the molecule is COc1ccc(NC(C)=O)c(NC(=O)c2nccc3ccccc23)c1. The number of hydrogen-bond donors (Lipinski definition) is 2. The number of nitrogens with zero attached hydrogens (tertiary/aromatic N) is 1. The third-order valence-electron chi connectivity index (χ3n) is 3.67. The Balaban J connectivity index is 1.98. The van der Waals surface area contributed by atoms with E-state index in [1.165, 1.54) is 14.0 Å². The maximum Gasteiger partial charge on any atom is 0.274 e. The van der Waals surface area contributed by atoms with Crippen molar-refractivity contribution in [3.63, 3.8) is 0 Å². The topological polar surface area (TPSA) is 80.3 Å². The number of pyridine rings is 1. The highest BCUT2D eigenvalue weighted by Crippen LogP contribution is 2.28. The maximum atomic E-state index is 12.7. The minimum atomic E-state index is -0.364. The van der Waals surface area contributed by atoms with Crippen LogP contribution in [0.4, 0.5) is 11.4 Å². The van der Waals surface area contributed by atoms with Gasteiger partial charge >= 0.3 is 0 Å². The number of amides is 2. The van der Waals surface area contributed by atoms with E-state index < -0.39 is 0 Å². The number of nitrogens with one attached hydrogen (secondary N) is 2. The van der Waals surface area contributed by atoms with E-state index in [4.69, 9.17) is 4.74 Å². The van der Waals surface area contributed by atoms with Crippen LogP contribution in [0.2, 0.25) is 0 Å². The lowest BCUT2D eigenvalue weighted by molar-refractivity contribution is -0.114. The Labute approximate surface area is 144 Å². The van der Waals surface area contributed by atoms with E-state index in [-0.39, 0.29) is 11.8 Å². The van der Waals surface area contributed by atoms with Crippen LogP contribution < -0.4 is 15.4 Å². The zero-order valence-corrected chi connectivity index (χ0v) is 13.9. The Morgan fingerprint density at radius 3 is 2.56 bits per heavy atom. The van der Waals surface area contributed by atoms with Crippen LogP contribution in [0.15, 0.2) is 54.7 Å². The van der Waals surface area contributed by atoms with Gasteiger partial charge in [0.25, 0.3) is 5.91 Å². The predicted octanol–water partition coefficient (Wildman–Crippen LogP) is 3.45. The molecule has 6 nitrogen and oxygen atoms in total. The third kappa shape index (κ3) is 3.58. The van der Waals surface area contributed by atoms with Crippen LogP contribution in [-0.2, 0) is 4.79 Å². The van der Waals surface area contributed by atoms with Gasteiger partial charge in [0.1, 0.15) is 11.4 Å². The second-order valence-electron chi connectivity index (χ2n) is 5.43. The molecule has 3 rings (SSSR count). The number of rotatable bonds is 4. The summed E-state index contributed by atoms with van der Waals surface area (Å²) >= 11 is 0. The molecule has 0 fully saturated rings. The van der Waals surface area contributed by atoms with Crippen molar-refractivity contribution in [1.29, 1.82) is 0 Å². The van der Waals surface area contributed by atoms with Crippen molar-refractivity contribution in [3.8, 4) is 5.75 Å². The molecule has 126 valence electrons. The van der Waals surface area contributed by atoms with E-state index in [0.717, 1.165) is 10.8 Å². The van der Waals surface area contributed by atoms with Crippen molar-refractivity contribution >= 4 is 34.0 Å². The van der Waals surface area contributed by atoms with Gasteiger partial charge in [0.05, 0.1) is 18.5 Å². The molecule has 0 aliphatic heterocycles. The molecule has 0 bridgehead atoms. The van der Waals surface area contributed by atoms with Gasteiger partial charge in [0.15, 0.2) is 0 Å². The normalized spacial score (nSPS) is 10.3. The van der Waals surface area contributed by atoms with Gasteiger partial charge in [0.2, 0.25) is 5.91 Å². The summed E-state index contributed by atoms with van der Waals surface area (Å²) in [7, 11) is 1.53. The Hall–Kier alpha value is -3.41. The lowest BCUT2D eigenvalue weighted by atomic mass is 10.1. The minimum absolute atomic E-state index is 0.232. The molecule has 1 aromatic heterocycles. The van der Waals surface area contributed by atoms with Crippen LogP contribution in [-0.4, -0.2) is 23.9 Å². The third-order valence-corrected chi connectivity index (χ3v) is 3.67. The van der Waals surface area contributed by atoms with Crippen LogP contribution in [0.1, 0.15) is 17.4 Å². The molecule has 3 aromatic rings. The van der Waals surface area contributed by atoms with Crippen LogP contribution in [0, 0.1) is 0 Å². The van der Waals surface area contributed by atoms with Crippen LogP contribution in [0.25, 0.3) is 10.8 Å². The molecule has 2 amide bonds. The van der Waals surface area contributed by atoms with Gasteiger partial charge in [-0.15, -0.1) is 0 Å². The number of fused-ring (bicyclic) bond motifs is 1. The first-order valence-electron chi connectivity index (χ1n) is 7.69. The van der Waals surface area contributed by atoms with Crippen LogP contribution in [0.3, 0.4) is 0 Å². The number of anilines is 2. The second kappa shape index (κ2) is 7.00. The minimum Gasteiger partial charge on any atom is -0.497 e. The smallest absolute Gasteiger partial charge is 0.274 e. The highest BCUT2D eigenvalue weighted by Gasteiger charge is 2.15. The van der Waals surface area contributed by atoms with E-state index >= 15 is 0 Å². The summed E-state index contributed by atoms with van der Waals surface area (Å²) in [4.78, 5) is 28.3. The van der Waals surface area contributed by atoms with Gasteiger partial charge in [-0.1, -0.05) is 24.3 Å². The molecular weight excluding hydrogens is 318 g/mol. The first-order chi connectivity index (χ1) is 12.1. The molecule has 2 N–H and O–H groups in total. The van der Waals surface area contributed by atoms with Gasteiger partial charge in [0, 0.05) is 24.6 Å². The highest BCUT2D eigenvalue weighted by molar-refractivity contribution is 6.12. The molecule has 0 unspecified atom stereocenters. The maximum absolute atomic E-state index is 12.7. The zero-order valence-electron chi connectivity index (χ0n) is 13.9. The summed E-state index contributed by atoms with van der Waals surface area (Å²) in [6.07, 6.45) is 1.59. The summed E-state index contributed by atoms with van der Waals surface area (Å²) in [6.45, 7) is 1.40. The molecular formula is C19H17N3O3. The molecule has 0 saturated carbocycles. The predicted molar refractivity (Wildman–Crippen MR) is 97.0 cm³/mol. The number of carbonyl (C=O) groups is 2. The lowest BCUT2D eigenvalue weighted by Gasteiger charge is -2.13. The fourth-order valence-corrected chi connectivity index (χ4v) is 2.53. The van der Waals surface area contributed by atoms with Crippen molar-refractivity contribution in [2.45, 2.75) is 6.92 Å². The monoisotopic (exact) mass is 335 g/mol. The number of carbonyl (C=O) groups excluding carboxylic acids is 2. The molecule has 0 atom stereocenters. The number of methoxy groups -OCH3 is 1. The summed E-state index contributed by atoms with van der Waals surface area (Å²) in [5, 5.41) is 7.17. The Bertz CT molecular complexity index is 948. The van der Waals surface area contributed by atoms with Gasteiger partial charge in [-0.3, -0.25) is 14.6 Å². The number of aromatic nitrogens is 1. The molecule has 0 radical (unpaired) electrons. The Morgan fingerprint density at radius 1 is 1.00 bits per heavy atom. The van der Waals surface area contributed by atoms with E-state index in [1.807, 2.05) is 30.3 Å². The van der Waals surface area contributed by atoms with E-state index in [0.29, 0.717) is 22.8 Å². The average Bonchev–Trinajstić information content (AvgIpc) is 2.62. The molecule has 0 aliphatic rings. The summed E-state index contributed by atoms with van der Waals surface area (Å²) in [5.41, 5.74) is 1.24. The van der Waals surface area contributed by atoms with Gasteiger partial charge in [-0.05, 0) is 23.6 Å². The average molecular weight is 335 g/mol. The van der Waals surface area contributed by atoms with Crippen molar-refractivity contribution in [1.82, 2.24) is 4.98 Å². The largest absolute Gasteiger partial charge is 0.497 e. The molecule has 0 spiro atoms. The first kappa shape index (κ1) is 16.4. The fraction of sp³-hybridized carbons (Fsp3) is 0.105. The summed E-state index contributed by atoms with van der Waals surface area (Å²) in [6, 6.07) is 14.4. The van der Waals surface area contributed by atoms with E-state index in [9.17, 15) is 9.59 Å². The highest BCUT2D eigenvalue weighted by atomic mass is 16.5. The van der Waals surface area contributed by atoms with E-state index in [1.54, 1.807) is 24.4 Å². The lowest BCUT2D eigenvalue weighted by Crippen LogP contribution is -2.16. The van der Waals surface area contributed by atoms with Crippen molar-refractivity contribution in [2.75, 3.05) is 17.7 Å². The quantitative estimate of drug-likeness (QED) is 0.765. The summed E-state index contributed by atoms with van der Waals surface area (Å²) < 4.78 is 5.19. The standard InChI is InChI=1S/C19H17N3O3/c1-12(23)21-16-8-7-14(25-2)11-17(16)22-19(24)18-15-6-4-3-5-13(15)9-10-20-18/h3-11H,1-2H3,(H,21,23)(H,22,24). The second-order valence-corrected chi connectivity index (χ2v) is 5.43. The number of hydrogen-bond acceptors (Lipinski definition) is 4. The molecule has 1 heterocycles. The van der Waals surface area contributed by atoms with Crippen molar-refractivity contribution in [2.24, 2.45) is 0 Å². The fourth-order valence-electron chi connectivity index (χ4n) is 2.53. The molecule has 0 aliphatic carbocycles. The zero-order chi connectivity index (χ0) is 17.8. The summed E-state index contributed by atoms with van der Waals surface area (Å²) in [5.74, 6) is -0.0316. The van der Waals surface area contributed by atoms with Gasteiger partial charge < -0.3 is 15.4 Å². The molecule has 6 heteroatoms. The van der Waals surface area contributed by atoms with Gasteiger partial charge in [-0.2, -0.15) is 0 Å².